The number of para-hydroxylation sites is 1. The van der Waals surface area contributed by atoms with Crippen molar-refractivity contribution in [1.29, 1.82) is 0 Å². The lowest BCUT2D eigenvalue weighted by molar-refractivity contribution is -0.387. The first kappa shape index (κ1) is 21.3. The number of nitrogens with zero attached hydrogens (tertiary/aromatic N) is 2. The molecule has 1 fully saturated rings. The fourth-order valence-electron chi connectivity index (χ4n) is 3.37. The summed E-state index contributed by atoms with van der Waals surface area (Å²) in [6.45, 7) is 6.23. The predicted molar refractivity (Wildman–Crippen MR) is 98.7 cm³/mol. The number of hydrogen-bond acceptors (Lipinski definition) is 7. The quantitative estimate of drug-likeness (QED) is 0.419. The highest BCUT2D eigenvalue weighted by molar-refractivity contribution is 7.89. The molecule has 1 N–H and O–H groups in total. The van der Waals surface area contributed by atoms with Crippen molar-refractivity contribution >= 4 is 21.7 Å². The van der Waals surface area contributed by atoms with Gasteiger partial charge in [-0.1, -0.05) is 26.0 Å². The molecule has 0 spiro atoms. The van der Waals surface area contributed by atoms with Gasteiger partial charge in [-0.15, -0.1) is 0 Å². The van der Waals surface area contributed by atoms with Crippen molar-refractivity contribution in [3.8, 4) is 0 Å². The molecule has 0 amide bonds. The number of benzene rings is 1. The normalized spacial score (nSPS) is 21.2. The Morgan fingerprint density at radius 3 is 2.67 bits per heavy atom. The molecule has 1 aliphatic rings. The van der Waals surface area contributed by atoms with Gasteiger partial charge >= 0.3 is 5.97 Å². The van der Waals surface area contributed by atoms with E-state index in [4.69, 9.17) is 4.74 Å². The number of ether oxygens (including phenoxy) is 1. The average molecular weight is 399 g/mol. The van der Waals surface area contributed by atoms with Gasteiger partial charge in [-0.05, 0) is 18.9 Å². The van der Waals surface area contributed by atoms with Crippen molar-refractivity contribution in [2.24, 2.45) is 5.92 Å². The summed E-state index contributed by atoms with van der Waals surface area (Å²) in [7, 11) is -4.17. The van der Waals surface area contributed by atoms with E-state index in [0.717, 1.165) is 6.07 Å². The van der Waals surface area contributed by atoms with Gasteiger partial charge in [0.1, 0.15) is 0 Å². The minimum absolute atomic E-state index is 0.0492. The van der Waals surface area contributed by atoms with Gasteiger partial charge in [0.15, 0.2) is 4.90 Å². The van der Waals surface area contributed by atoms with Crippen molar-refractivity contribution in [3.05, 3.63) is 34.4 Å². The van der Waals surface area contributed by atoms with E-state index in [2.05, 4.69) is 5.32 Å². The molecule has 0 aromatic heterocycles. The van der Waals surface area contributed by atoms with Crippen LogP contribution >= 0.6 is 0 Å². The molecule has 2 atom stereocenters. The molecule has 0 radical (unpaired) electrons. The lowest BCUT2D eigenvalue weighted by atomic mass is 9.92. The topological polar surface area (TPSA) is 119 Å². The molecule has 0 unspecified atom stereocenters. The summed E-state index contributed by atoms with van der Waals surface area (Å²) in [4.78, 5) is 22.3. The van der Waals surface area contributed by atoms with Crippen LogP contribution in [0.15, 0.2) is 29.2 Å². The number of rotatable bonds is 7. The van der Waals surface area contributed by atoms with Crippen molar-refractivity contribution in [2.45, 2.75) is 44.2 Å². The van der Waals surface area contributed by atoms with E-state index in [9.17, 15) is 23.3 Å². The van der Waals surface area contributed by atoms with E-state index >= 15 is 0 Å². The Morgan fingerprint density at radius 1 is 1.41 bits per heavy atom. The maximum absolute atomic E-state index is 13.3. The second-order valence-electron chi connectivity index (χ2n) is 6.64. The largest absolute Gasteiger partial charge is 0.466 e. The third-order valence-electron chi connectivity index (χ3n) is 4.54. The van der Waals surface area contributed by atoms with Gasteiger partial charge in [-0.2, -0.15) is 4.31 Å². The maximum Gasteiger partial charge on any atom is 0.307 e. The highest BCUT2D eigenvalue weighted by Gasteiger charge is 2.43. The second-order valence-corrected chi connectivity index (χ2v) is 8.50. The van der Waals surface area contributed by atoms with Crippen LogP contribution in [0.5, 0.6) is 0 Å². The molecule has 1 heterocycles. The zero-order valence-electron chi connectivity index (χ0n) is 15.6. The van der Waals surface area contributed by atoms with Crippen LogP contribution in [0.3, 0.4) is 0 Å². The van der Waals surface area contributed by atoms with E-state index in [1.165, 1.54) is 22.5 Å². The first-order valence-electron chi connectivity index (χ1n) is 8.84. The van der Waals surface area contributed by atoms with Crippen molar-refractivity contribution in [1.82, 2.24) is 9.62 Å². The molecule has 0 bridgehead atoms. The number of carbonyl (C=O) groups is 1. The van der Waals surface area contributed by atoms with Gasteiger partial charge < -0.3 is 10.1 Å². The zero-order chi connectivity index (χ0) is 20.2. The summed E-state index contributed by atoms with van der Waals surface area (Å²) in [6, 6.07) is 4.28. The SMILES string of the molecule is CCOC(=O)C[C@H]1[C@H](C(C)C)NCCN1S(=O)(=O)c1ccccc1[N+](=O)[O-]. The van der Waals surface area contributed by atoms with Crippen molar-refractivity contribution < 1.29 is 22.9 Å². The summed E-state index contributed by atoms with van der Waals surface area (Å²) < 4.78 is 32.8. The fourth-order valence-corrected chi connectivity index (χ4v) is 5.18. The molecule has 1 aromatic carbocycles. The Balaban J connectivity index is 2.48. The molecule has 2 rings (SSSR count). The molecule has 0 saturated carbocycles. The monoisotopic (exact) mass is 399 g/mol. The lowest BCUT2D eigenvalue weighted by Crippen LogP contribution is -2.61. The van der Waals surface area contributed by atoms with E-state index in [1.54, 1.807) is 6.92 Å². The number of nitrogens with one attached hydrogen (secondary N) is 1. The molecule has 1 aromatic rings. The number of sulfonamides is 1. The van der Waals surface area contributed by atoms with E-state index in [0.29, 0.717) is 6.54 Å². The van der Waals surface area contributed by atoms with Crippen LogP contribution in [0.25, 0.3) is 0 Å². The third kappa shape index (κ3) is 4.63. The highest BCUT2D eigenvalue weighted by Crippen LogP contribution is 2.31. The Morgan fingerprint density at radius 2 is 2.07 bits per heavy atom. The number of hydrogen-bond donors (Lipinski definition) is 1. The van der Waals surface area contributed by atoms with Crippen molar-refractivity contribution in [2.75, 3.05) is 19.7 Å². The molecule has 1 saturated heterocycles. The Bertz CT molecular complexity index is 796. The summed E-state index contributed by atoms with van der Waals surface area (Å²) in [5, 5.41) is 14.6. The smallest absolute Gasteiger partial charge is 0.307 e. The van der Waals surface area contributed by atoms with Crippen LogP contribution < -0.4 is 5.32 Å². The zero-order valence-corrected chi connectivity index (χ0v) is 16.4. The fraction of sp³-hybridized carbons (Fsp3) is 0.588. The Kier molecular flexibility index (Phi) is 6.90. The first-order valence-corrected chi connectivity index (χ1v) is 10.3. The third-order valence-corrected chi connectivity index (χ3v) is 6.52. The first-order chi connectivity index (χ1) is 12.7. The second kappa shape index (κ2) is 8.77. The standard InChI is InChI=1S/C17H25N3O6S/c1-4-26-16(21)11-14-17(12(2)3)18-9-10-19(14)27(24,25)15-8-6-5-7-13(15)20(22)23/h5-8,12,14,17-18H,4,9-11H2,1-3H3/t14-,17-/m0/s1. The minimum atomic E-state index is -4.17. The minimum Gasteiger partial charge on any atom is -0.466 e. The molecular formula is C17H25N3O6S. The van der Waals surface area contributed by atoms with E-state index < -0.39 is 32.6 Å². The summed E-state index contributed by atoms with van der Waals surface area (Å²) >= 11 is 0. The number of nitro benzene ring substituents is 1. The van der Waals surface area contributed by atoms with Crippen molar-refractivity contribution in [3.63, 3.8) is 0 Å². The van der Waals surface area contributed by atoms with Crippen LogP contribution in [0, 0.1) is 16.0 Å². The molecule has 0 aliphatic carbocycles. The number of carbonyl (C=O) groups excluding carboxylic acids is 1. The number of esters is 1. The van der Waals surface area contributed by atoms with Crippen LogP contribution in [0.1, 0.15) is 27.2 Å². The molecular weight excluding hydrogens is 374 g/mol. The van der Waals surface area contributed by atoms with Gasteiger partial charge in [-0.25, -0.2) is 8.42 Å². The Hall–Kier alpha value is -2.04. The van der Waals surface area contributed by atoms with Crippen LogP contribution in [-0.2, 0) is 19.6 Å². The predicted octanol–water partition coefficient (Wildman–Crippen LogP) is 1.54. The van der Waals surface area contributed by atoms with E-state index in [1.807, 2.05) is 13.8 Å². The molecule has 150 valence electrons. The highest BCUT2D eigenvalue weighted by atomic mass is 32.2. The molecule has 9 nitrogen and oxygen atoms in total. The summed E-state index contributed by atoms with van der Waals surface area (Å²) in [5.41, 5.74) is -0.480. The molecule has 10 heteroatoms. The van der Waals surface area contributed by atoms with Gasteiger partial charge in [0, 0.05) is 25.2 Å². The van der Waals surface area contributed by atoms with Gasteiger partial charge in [0.2, 0.25) is 10.0 Å². The van der Waals surface area contributed by atoms with Gasteiger partial charge in [-0.3, -0.25) is 14.9 Å². The Labute approximate surface area is 158 Å². The average Bonchev–Trinajstić information content (AvgIpc) is 2.61. The van der Waals surface area contributed by atoms with Crippen LogP contribution in [0.4, 0.5) is 5.69 Å². The van der Waals surface area contributed by atoms with Gasteiger partial charge in [0.05, 0.1) is 24.0 Å². The molecule has 27 heavy (non-hydrogen) atoms. The van der Waals surface area contributed by atoms with Crippen LogP contribution in [0.2, 0.25) is 0 Å². The number of piperazine rings is 1. The maximum atomic E-state index is 13.3. The van der Waals surface area contributed by atoms with Crippen LogP contribution in [-0.4, -0.2) is 55.4 Å². The van der Waals surface area contributed by atoms with Gasteiger partial charge in [0.25, 0.3) is 5.69 Å². The lowest BCUT2D eigenvalue weighted by Gasteiger charge is -2.42. The van der Waals surface area contributed by atoms with E-state index in [-0.39, 0.29) is 36.4 Å². The summed E-state index contributed by atoms with van der Waals surface area (Å²) in [5.74, 6) is -0.451. The molecule has 1 aliphatic heterocycles. The number of nitro groups is 1. The summed E-state index contributed by atoms with van der Waals surface area (Å²) in [6.07, 6.45) is -0.121.